The third-order valence-electron chi connectivity index (χ3n) is 7.11. The van der Waals surface area contributed by atoms with Crippen molar-refractivity contribution < 1.29 is 18.0 Å². The molecule has 0 fully saturated rings. The fraction of sp³-hybridized carbons (Fsp3) is 0.375. The van der Waals surface area contributed by atoms with Crippen LogP contribution in [0, 0.1) is 6.92 Å². The number of hydrogen-bond acceptors (Lipinski definition) is 4. The number of aryl methyl sites for hydroxylation is 2. The van der Waals surface area contributed by atoms with Crippen LogP contribution in [-0.2, 0) is 32.6 Å². The van der Waals surface area contributed by atoms with Crippen molar-refractivity contribution in [3.8, 4) is 0 Å². The van der Waals surface area contributed by atoms with Gasteiger partial charge in [0.15, 0.2) is 0 Å². The predicted molar refractivity (Wildman–Crippen MR) is 160 cm³/mol. The number of amides is 2. The Morgan fingerprint density at radius 2 is 1.48 bits per heavy atom. The summed E-state index contributed by atoms with van der Waals surface area (Å²) in [5, 5.41) is 3.01. The van der Waals surface area contributed by atoms with E-state index in [0.29, 0.717) is 18.5 Å². The topological polar surface area (TPSA) is 86.8 Å². The maximum atomic E-state index is 14.2. The summed E-state index contributed by atoms with van der Waals surface area (Å²) in [7, 11) is -4.08. The summed E-state index contributed by atoms with van der Waals surface area (Å²) in [4.78, 5) is 29.2. The van der Waals surface area contributed by atoms with Crippen molar-refractivity contribution in [2.75, 3.05) is 10.8 Å². The Morgan fingerprint density at radius 3 is 2.08 bits per heavy atom. The van der Waals surface area contributed by atoms with Crippen molar-refractivity contribution in [1.82, 2.24) is 10.2 Å². The fourth-order valence-electron chi connectivity index (χ4n) is 4.54. The molecule has 7 nitrogen and oxygen atoms in total. The lowest BCUT2D eigenvalue weighted by molar-refractivity contribution is -0.140. The van der Waals surface area contributed by atoms with E-state index in [-0.39, 0.29) is 23.4 Å². The minimum atomic E-state index is -4.08. The molecule has 214 valence electrons. The standard InChI is InChI=1S/C32H41N3O4S/c1-6-25(5)33-32(37)29(8-3)34(22-26-20-18-24(4)19-21-26)31(36)23-35(30-17-13-12-14-27(30)7-2)40(38,39)28-15-10-9-11-16-28/h9-21,25,29H,6-8,22-23H2,1-5H3,(H,33,37)/t25-,29-/m1/s1. The molecule has 0 aliphatic heterocycles. The zero-order chi connectivity index (χ0) is 29.3. The van der Waals surface area contributed by atoms with Crippen LogP contribution in [0.1, 0.15) is 57.2 Å². The van der Waals surface area contributed by atoms with Crippen molar-refractivity contribution in [2.45, 2.75) is 77.4 Å². The molecule has 0 spiro atoms. The van der Waals surface area contributed by atoms with Gasteiger partial charge in [-0.3, -0.25) is 13.9 Å². The summed E-state index contributed by atoms with van der Waals surface area (Å²) in [6, 6.07) is 22.3. The highest BCUT2D eigenvalue weighted by molar-refractivity contribution is 7.92. The first-order valence-corrected chi connectivity index (χ1v) is 15.4. The van der Waals surface area contributed by atoms with Gasteiger partial charge >= 0.3 is 0 Å². The number of carbonyl (C=O) groups excluding carboxylic acids is 2. The molecule has 1 N–H and O–H groups in total. The second-order valence-electron chi connectivity index (χ2n) is 10.1. The number of sulfonamides is 1. The van der Waals surface area contributed by atoms with Gasteiger partial charge in [0.2, 0.25) is 11.8 Å². The van der Waals surface area contributed by atoms with Gasteiger partial charge in [-0.1, -0.05) is 87.0 Å². The van der Waals surface area contributed by atoms with Gasteiger partial charge in [0.1, 0.15) is 12.6 Å². The van der Waals surface area contributed by atoms with Gasteiger partial charge in [0.25, 0.3) is 10.0 Å². The van der Waals surface area contributed by atoms with E-state index in [1.165, 1.54) is 21.3 Å². The minimum Gasteiger partial charge on any atom is -0.352 e. The number of hydrogen-bond donors (Lipinski definition) is 1. The van der Waals surface area contributed by atoms with Gasteiger partial charge in [-0.15, -0.1) is 0 Å². The number of rotatable bonds is 13. The van der Waals surface area contributed by atoms with Gasteiger partial charge in [-0.2, -0.15) is 0 Å². The smallest absolute Gasteiger partial charge is 0.264 e. The lowest BCUT2D eigenvalue weighted by Gasteiger charge is -2.34. The number of nitrogens with one attached hydrogen (secondary N) is 1. The third-order valence-corrected chi connectivity index (χ3v) is 8.89. The number of carbonyl (C=O) groups is 2. The number of para-hydroxylation sites is 1. The highest BCUT2D eigenvalue weighted by atomic mass is 32.2. The lowest BCUT2D eigenvalue weighted by Crippen LogP contribution is -2.53. The summed E-state index contributed by atoms with van der Waals surface area (Å²) in [5.74, 6) is -0.694. The molecule has 0 aliphatic rings. The lowest BCUT2D eigenvalue weighted by atomic mass is 10.1. The molecule has 0 bridgehead atoms. The van der Waals surface area contributed by atoms with E-state index in [4.69, 9.17) is 0 Å². The Balaban J connectivity index is 2.08. The maximum absolute atomic E-state index is 14.2. The van der Waals surface area contributed by atoms with Crippen molar-refractivity contribution in [3.63, 3.8) is 0 Å². The largest absolute Gasteiger partial charge is 0.352 e. The molecule has 2 atom stereocenters. The molecule has 0 saturated carbocycles. The molecular weight excluding hydrogens is 522 g/mol. The molecule has 40 heavy (non-hydrogen) atoms. The molecule has 0 unspecified atom stereocenters. The summed E-state index contributed by atoms with van der Waals surface area (Å²) < 4.78 is 29.2. The molecule has 3 aromatic carbocycles. The summed E-state index contributed by atoms with van der Waals surface area (Å²) in [5.41, 5.74) is 3.20. The van der Waals surface area contributed by atoms with Gasteiger partial charge < -0.3 is 10.2 Å². The highest BCUT2D eigenvalue weighted by Crippen LogP contribution is 2.28. The van der Waals surface area contributed by atoms with Crippen LogP contribution in [0.25, 0.3) is 0 Å². The zero-order valence-electron chi connectivity index (χ0n) is 24.1. The Morgan fingerprint density at radius 1 is 0.850 bits per heavy atom. The normalized spacial score (nSPS) is 12.8. The highest BCUT2D eigenvalue weighted by Gasteiger charge is 2.34. The average molecular weight is 564 g/mol. The molecule has 0 aromatic heterocycles. The molecule has 2 amide bonds. The van der Waals surface area contributed by atoms with Crippen LogP contribution < -0.4 is 9.62 Å². The summed E-state index contributed by atoms with van der Waals surface area (Å²) >= 11 is 0. The minimum absolute atomic E-state index is 0.0516. The van der Waals surface area contributed by atoms with Crippen molar-refractivity contribution >= 4 is 27.5 Å². The van der Waals surface area contributed by atoms with Crippen LogP contribution in [0.3, 0.4) is 0 Å². The van der Waals surface area contributed by atoms with Crippen molar-refractivity contribution in [3.05, 3.63) is 95.6 Å². The molecule has 0 aliphatic carbocycles. The second-order valence-corrected chi connectivity index (χ2v) is 11.9. The Bertz CT molecular complexity index is 1370. The van der Waals surface area contributed by atoms with Gasteiger partial charge in [-0.05, 0) is 62.4 Å². The van der Waals surface area contributed by atoms with E-state index >= 15 is 0 Å². The number of nitrogens with zero attached hydrogens (tertiary/aromatic N) is 2. The molecular formula is C32H41N3O4S. The van der Waals surface area contributed by atoms with Crippen LogP contribution in [0.15, 0.2) is 83.8 Å². The van der Waals surface area contributed by atoms with E-state index in [9.17, 15) is 18.0 Å². The van der Waals surface area contributed by atoms with E-state index in [0.717, 1.165) is 23.1 Å². The monoisotopic (exact) mass is 563 g/mol. The van der Waals surface area contributed by atoms with Crippen molar-refractivity contribution in [2.24, 2.45) is 0 Å². The van der Waals surface area contributed by atoms with Crippen LogP contribution >= 0.6 is 0 Å². The second kappa shape index (κ2) is 14.1. The van der Waals surface area contributed by atoms with E-state index < -0.39 is 28.5 Å². The SMILES string of the molecule is CCc1ccccc1N(CC(=O)N(Cc1ccc(C)cc1)[C@H](CC)C(=O)N[C@H](C)CC)S(=O)(=O)c1ccccc1. The average Bonchev–Trinajstić information content (AvgIpc) is 2.96. The number of benzene rings is 3. The van der Waals surface area contributed by atoms with Gasteiger partial charge in [0.05, 0.1) is 10.6 Å². The quantitative estimate of drug-likeness (QED) is 0.299. The van der Waals surface area contributed by atoms with Crippen LogP contribution in [-0.4, -0.2) is 43.8 Å². The molecule has 3 aromatic rings. The molecule has 8 heteroatoms. The first kappa shape index (κ1) is 30.9. The van der Waals surface area contributed by atoms with E-state index in [2.05, 4.69) is 5.32 Å². The van der Waals surface area contributed by atoms with Gasteiger partial charge in [0, 0.05) is 12.6 Å². The molecule has 0 heterocycles. The zero-order valence-corrected chi connectivity index (χ0v) is 24.9. The molecule has 0 saturated heterocycles. The first-order valence-electron chi connectivity index (χ1n) is 13.9. The maximum Gasteiger partial charge on any atom is 0.264 e. The van der Waals surface area contributed by atoms with E-state index in [1.54, 1.807) is 30.3 Å². The molecule has 3 rings (SSSR count). The van der Waals surface area contributed by atoms with Gasteiger partial charge in [-0.25, -0.2) is 8.42 Å². The summed E-state index contributed by atoms with van der Waals surface area (Å²) in [6.07, 6.45) is 1.73. The summed E-state index contributed by atoms with van der Waals surface area (Å²) in [6.45, 7) is 9.45. The predicted octanol–water partition coefficient (Wildman–Crippen LogP) is 5.47. The number of anilines is 1. The third kappa shape index (κ3) is 7.50. The Kier molecular flexibility index (Phi) is 10.9. The fourth-order valence-corrected chi connectivity index (χ4v) is 6.01. The Labute approximate surface area is 239 Å². The Hall–Kier alpha value is -3.65. The van der Waals surface area contributed by atoms with Crippen LogP contribution in [0.2, 0.25) is 0 Å². The van der Waals surface area contributed by atoms with Crippen LogP contribution in [0.4, 0.5) is 5.69 Å². The van der Waals surface area contributed by atoms with Crippen molar-refractivity contribution in [1.29, 1.82) is 0 Å². The van der Waals surface area contributed by atoms with Crippen LogP contribution in [0.5, 0.6) is 0 Å². The van der Waals surface area contributed by atoms with E-state index in [1.807, 2.05) is 71.0 Å². The first-order chi connectivity index (χ1) is 19.1. The molecule has 0 radical (unpaired) electrons.